The molecule has 0 bridgehead atoms. The van der Waals surface area contributed by atoms with Crippen LogP contribution in [0.25, 0.3) is 10.9 Å². The second kappa shape index (κ2) is 8.85. The lowest BCUT2D eigenvalue weighted by Crippen LogP contribution is -2.53. The topological polar surface area (TPSA) is 119 Å². The van der Waals surface area contributed by atoms with Gasteiger partial charge in [-0.15, -0.1) is 0 Å². The zero-order valence-electron chi connectivity index (χ0n) is 17.4. The Morgan fingerprint density at radius 1 is 1.03 bits per heavy atom. The van der Waals surface area contributed by atoms with Gasteiger partial charge in [0, 0.05) is 24.6 Å². The minimum atomic E-state index is -1.15. The Morgan fingerprint density at radius 3 is 2.21 bits per heavy atom. The summed E-state index contributed by atoms with van der Waals surface area (Å²) < 4.78 is 12.4. The number of rotatable bonds is 8. The number of aromatic nitrogens is 1. The zero-order chi connectivity index (χ0) is 21.9. The summed E-state index contributed by atoms with van der Waals surface area (Å²) in [6, 6.07) is 3.24. The molecule has 1 aromatic carbocycles. The van der Waals surface area contributed by atoms with Gasteiger partial charge >= 0.3 is 5.97 Å². The van der Waals surface area contributed by atoms with Crippen LogP contribution in [-0.4, -0.2) is 53.8 Å². The third kappa shape index (κ3) is 4.61. The van der Waals surface area contributed by atoms with Gasteiger partial charge in [-0.05, 0) is 18.9 Å². The number of carbonyl (C=O) groups is 3. The first-order valence-electron chi connectivity index (χ1n) is 9.16. The highest BCUT2D eigenvalue weighted by atomic mass is 16.5. The maximum Gasteiger partial charge on any atom is 0.325 e. The lowest BCUT2D eigenvalue weighted by Gasteiger charge is -2.23. The molecule has 9 heteroatoms. The summed E-state index contributed by atoms with van der Waals surface area (Å²) in [7, 11) is 4.80. The molecule has 0 aliphatic rings. The van der Waals surface area contributed by atoms with Crippen molar-refractivity contribution in [1.29, 1.82) is 0 Å². The average Bonchev–Trinajstić information content (AvgIpc) is 3.01. The molecule has 1 aromatic heterocycles. The number of ether oxygens (including phenoxy) is 2. The van der Waals surface area contributed by atoms with Crippen LogP contribution in [0.15, 0.2) is 18.2 Å². The molecule has 0 saturated carbocycles. The van der Waals surface area contributed by atoms with Crippen molar-refractivity contribution < 1.29 is 29.0 Å². The molecule has 9 nitrogen and oxygen atoms in total. The van der Waals surface area contributed by atoms with Gasteiger partial charge in [-0.25, -0.2) is 0 Å². The summed E-state index contributed by atoms with van der Waals surface area (Å²) in [5, 5.41) is 14.8. The molecular weight excluding hydrogens is 378 g/mol. The van der Waals surface area contributed by atoms with E-state index in [1.807, 2.05) is 0 Å². The maximum atomic E-state index is 12.9. The van der Waals surface area contributed by atoms with Gasteiger partial charge in [0.15, 0.2) is 0 Å². The van der Waals surface area contributed by atoms with E-state index in [2.05, 4.69) is 10.6 Å². The number of benzene rings is 1. The van der Waals surface area contributed by atoms with E-state index in [9.17, 15) is 14.4 Å². The second-order valence-electron chi connectivity index (χ2n) is 7.11. The van der Waals surface area contributed by atoms with Gasteiger partial charge in [0.2, 0.25) is 5.91 Å². The van der Waals surface area contributed by atoms with E-state index in [1.165, 1.54) is 14.0 Å². The summed E-state index contributed by atoms with van der Waals surface area (Å²) in [6.45, 7) is 4.90. The minimum Gasteiger partial charge on any atom is -0.497 e. The smallest absolute Gasteiger partial charge is 0.325 e. The molecule has 0 fully saturated rings. The predicted molar refractivity (Wildman–Crippen MR) is 107 cm³/mol. The Morgan fingerprint density at radius 2 is 1.69 bits per heavy atom. The summed E-state index contributed by atoms with van der Waals surface area (Å²) in [5.41, 5.74) is 1.06. The third-order valence-electron chi connectivity index (χ3n) is 4.75. The van der Waals surface area contributed by atoms with Crippen molar-refractivity contribution in [2.45, 2.75) is 32.9 Å². The van der Waals surface area contributed by atoms with Gasteiger partial charge in [0.05, 0.1) is 19.7 Å². The van der Waals surface area contributed by atoms with Crippen molar-refractivity contribution in [3.63, 3.8) is 0 Å². The van der Waals surface area contributed by atoms with Crippen LogP contribution >= 0.6 is 0 Å². The number of hydrogen-bond donors (Lipinski definition) is 3. The lowest BCUT2D eigenvalue weighted by atomic mass is 10.0. The predicted octanol–water partition coefficient (Wildman–Crippen LogP) is 1.54. The number of nitrogens with zero attached hydrogens (tertiary/aromatic N) is 1. The Hall–Kier alpha value is -3.23. The number of nitrogens with one attached hydrogen (secondary N) is 2. The largest absolute Gasteiger partial charge is 0.497 e. The van der Waals surface area contributed by atoms with E-state index in [0.29, 0.717) is 17.2 Å². The van der Waals surface area contributed by atoms with Crippen LogP contribution in [0.3, 0.4) is 0 Å². The van der Waals surface area contributed by atoms with Crippen molar-refractivity contribution in [3.8, 4) is 11.5 Å². The quantitative estimate of drug-likeness (QED) is 0.613. The monoisotopic (exact) mass is 405 g/mol. The van der Waals surface area contributed by atoms with Gasteiger partial charge in [-0.2, -0.15) is 0 Å². The van der Waals surface area contributed by atoms with Gasteiger partial charge in [0.25, 0.3) is 5.91 Å². The highest BCUT2D eigenvalue weighted by molar-refractivity contribution is 6.02. The lowest BCUT2D eigenvalue weighted by molar-refractivity contribution is -0.141. The number of aryl methyl sites for hydroxylation is 1. The number of carbonyl (C=O) groups excluding carboxylic acids is 2. The summed E-state index contributed by atoms with van der Waals surface area (Å²) in [5.74, 6) is -1.26. The standard InChI is InChI=1S/C20H27N3O6/c1-10(2)17(19(25)21-11(3)20(26)27)22-18(24)15-9-13-14(23(15)4)7-12(28-5)8-16(13)29-6/h7-11,17H,1-6H3,(H,21,25)(H,22,24)(H,26,27)/t11-,17-/m0/s1. The molecule has 158 valence electrons. The molecule has 0 spiro atoms. The molecule has 2 aromatic rings. The Bertz CT molecular complexity index is 934. The molecule has 2 amide bonds. The average molecular weight is 405 g/mol. The van der Waals surface area contributed by atoms with Crippen LogP contribution in [0, 0.1) is 5.92 Å². The van der Waals surface area contributed by atoms with E-state index in [-0.39, 0.29) is 5.92 Å². The van der Waals surface area contributed by atoms with Crippen molar-refractivity contribution in [1.82, 2.24) is 15.2 Å². The number of carboxylic acid groups (broad SMARTS) is 1. The fraction of sp³-hybridized carbons (Fsp3) is 0.450. The first kappa shape index (κ1) is 22.1. The minimum absolute atomic E-state index is 0.246. The van der Waals surface area contributed by atoms with Crippen LogP contribution in [0.5, 0.6) is 11.5 Å². The number of aliphatic carboxylic acids is 1. The van der Waals surface area contributed by atoms with Crippen LogP contribution in [0.1, 0.15) is 31.3 Å². The van der Waals surface area contributed by atoms with Crippen molar-refractivity contribution in [2.75, 3.05) is 14.2 Å². The number of amides is 2. The van der Waals surface area contributed by atoms with Crippen LogP contribution in [-0.2, 0) is 16.6 Å². The second-order valence-corrected chi connectivity index (χ2v) is 7.11. The van der Waals surface area contributed by atoms with Gasteiger partial charge < -0.3 is 29.8 Å². The molecule has 0 saturated heterocycles. The molecule has 3 N–H and O–H groups in total. The van der Waals surface area contributed by atoms with Crippen molar-refractivity contribution >= 4 is 28.7 Å². The number of carboxylic acids is 1. The Balaban J connectivity index is 2.35. The third-order valence-corrected chi connectivity index (χ3v) is 4.75. The van der Waals surface area contributed by atoms with Gasteiger partial charge in [-0.1, -0.05) is 13.8 Å². The molecule has 2 rings (SSSR count). The van der Waals surface area contributed by atoms with Crippen LogP contribution in [0.4, 0.5) is 0 Å². The summed E-state index contributed by atoms with van der Waals surface area (Å²) in [6.07, 6.45) is 0. The van der Waals surface area contributed by atoms with E-state index in [0.717, 1.165) is 10.9 Å². The molecule has 0 radical (unpaired) electrons. The van der Waals surface area contributed by atoms with Crippen LogP contribution in [0.2, 0.25) is 0 Å². The van der Waals surface area contributed by atoms with Crippen molar-refractivity contribution in [3.05, 3.63) is 23.9 Å². The first-order chi connectivity index (χ1) is 13.6. The number of methoxy groups -OCH3 is 2. The fourth-order valence-corrected chi connectivity index (χ4v) is 2.99. The summed E-state index contributed by atoms with van der Waals surface area (Å²) in [4.78, 5) is 36.4. The molecular formula is C20H27N3O6. The first-order valence-corrected chi connectivity index (χ1v) is 9.16. The number of fused-ring (bicyclic) bond motifs is 1. The SMILES string of the molecule is COc1cc(OC)c2cc(C(=O)N[C@H](C(=O)N[C@@H](C)C(=O)O)C(C)C)n(C)c2c1. The maximum absolute atomic E-state index is 12.9. The van der Waals surface area contributed by atoms with E-state index in [1.54, 1.807) is 50.8 Å². The molecule has 29 heavy (non-hydrogen) atoms. The summed E-state index contributed by atoms with van der Waals surface area (Å²) >= 11 is 0. The Kier molecular flexibility index (Phi) is 6.73. The number of hydrogen-bond acceptors (Lipinski definition) is 5. The van der Waals surface area contributed by atoms with E-state index < -0.39 is 29.9 Å². The van der Waals surface area contributed by atoms with E-state index >= 15 is 0 Å². The molecule has 0 aliphatic heterocycles. The van der Waals surface area contributed by atoms with Crippen LogP contribution < -0.4 is 20.1 Å². The van der Waals surface area contributed by atoms with Gasteiger partial charge in [0.1, 0.15) is 29.3 Å². The molecule has 0 unspecified atom stereocenters. The van der Waals surface area contributed by atoms with E-state index in [4.69, 9.17) is 14.6 Å². The van der Waals surface area contributed by atoms with Gasteiger partial charge in [-0.3, -0.25) is 14.4 Å². The fourth-order valence-electron chi connectivity index (χ4n) is 2.99. The molecule has 2 atom stereocenters. The zero-order valence-corrected chi connectivity index (χ0v) is 17.4. The molecule has 1 heterocycles. The molecule has 0 aliphatic carbocycles. The normalized spacial score (nSPS) is 13.1. The highest BCUT2D eigenvalue weighted by Gasteiger charge is 2.28. The highest BCUT2D eigenvalue weighted by Crippen LogP contribution is 2.33. The van der Waals surface area contributed by atoms with Crippen molar-refractivity contribution in [2.24, 2.45) is 13.0 Å². The Labute approximate surface area is 169 Å².